The molecule has 0 aliphatic carbocycles. The van der Waals surface area contributed by atoms with E-state index in [9.17, 15) is 8.78 Å². The number of halogens is 2. The smallest absolute Gasteiger partial charge is 0.287 e. The lowest BCUT2D eigenvalue weighted by Crippen LogP contribution is -2.38. The summed E-state index contributed by atoms with van der Waals surface area (Å²) in [4.78, 5) is 1.15. The molecule has 16 heavy (non-hydrogen) atoms. The Kier molecular flexibility index (Phi) is 3.22. The van der Waals surface area contributed by atoms with Crippen LogP contribution >= 0.6 is 11.8 Å². The van der Waals surface area contributed by atoms with E-state index in [0.717, 1.165) is 22.6 Å². The van der Waals surface area contributed by atoms with Crippen molar-refractivity contribution in [2.24, 2.45) is 0 Å². The maximum atomic E-state index is 13.9. The lowest BCUT2D eigenvalue weighted by atomic mass is 9.99. The molecule has 0 aromatic heterocycles. The van der Waals surface area contributed by atoms with E-state index in [1.165, 1.54) is 6.92 Å². The van der Waals surface area contributed by atoms with E-state index in [4.69, 9.17) is 0 Å². The summed E-state index contributed by atoms with van der Waals surface area (Å²) < 4.78 is 27.9. The first-order chi connectivity index (χ1) is 7.55. The molecule has 1 unspecified atom stereocenters. The quantitative estimate of drug-likeness (QED) is 0.875. The van der Waals surface area contributed by atoms with E-state index < -0.39 is 12.0 Å². The second-order valence-corrected chi connectivity index (χ2v) is 5.19. The minimum Gasteiger partial charge on any atom is -0.312 e. The van der Waals surface area contributed by atoms with Crippen LogP contribution in [0.4, 0.5) is 8.78 Å². The Hall–Kier alpha value is -0.610. The van der Waals surface area contributed by atoms with Crippen molar-refractivity contribution in [2.45, 2.75) is 30.2 Å². The summed E-state index contributed by atoms with van der Waals surface area (Å²) in [5.41, 5.74) is 1.18. The maximum Gasteiger partial charge on any atom is 0.287 e. The number of benzene rings is 1. The van der Waals surface area contributed by atoms with Gasteiger partial charge in [-0.15, -0.1) is 11.8 Å². The molecule has 0 saturated heterocycles. The molecule has 0 amide bonds. The highest BCUT2D eigenvalue weighted by Gasteiger charge is 2.38. The first-order valence-corrected chi connectivity index (χ1v) is 6.35. The third kappa shape index (κ3) is 1.96. The Balaban J connectivity index is 2.34. The monoisotopic (exact) mass is 243 g/mol. The molecule has 1 nitrogen and oxygen atoms in total. The average Bonchev–Trinajstić information content (AvgIpc) is 2.74. The molecule has 0 radical (unpaired) electrons. The first-order valence-electron chi connectivity index (χ1n) is 5.37. The van der Waals surface area contributed by atoms with Crippen molar-refractivity contribution in [3.8, 4) is 0 Å². The lowest BCUT2D eigenvalue weighted by Gasteiger charge is -2.24. The Morgan fingerprint density at radius 3 is 2.88 bits per heavy atom. The molecule has 1 aliphatic heterocycles. The summed E-state index contributed by atoms with van der Waals surface area (Å²) in [7, 11) is 1.56. The summed E-state index contributed by atoms with van der Waals surface area (Å²) >= 11 is 1.74. The molecule has 1 N–H and O–H groups in total. The van der Waals surface area contributed by atoms with Gasteiger partial charge < -0.3 is 5.32 Å². The van der Waals surface area contributed by atoms with Gasteiger partial charge in [0.15, 0.2) is 0 Å². The highest BCUT2D eigenvalue weighted by atomic mass is 32.2. The number of hydrogen-bond acceptors (Lipinski definition) is 2. The Bertz CT molecular complexity index is 393. The van der Waals surface area contributed by atoms with Crippen LogP contribution < -0.4 is 5.32 Å². The van der Waals surface area contributed by atoms with Crippen LogP contribution in [0.1, 0.15) is 18.1 Å². The van der Waals surface area contributed by atoms with Gasteiger partial charge in [-0.25, -0.2) is 0 Å². The second-order valence-electron chi connectivity index (χ2n) is 4.05. The van der Waals surface area contributed by atoms with E-state index in [0.29, 0.717) is 0 Å². The van der Waals surface area contributed by atoms with Gasteiger partial charge in [-0.1, -0.05) is 6.07 Å². The van der Waals surface area contributed by atoms with Crippen LogP contribution in [0.5, 0.6) is 0 Å². The molecule has 1 aromatic rings. The Morgan fingerprint density at radius 2 is 2.19 bits per heavy atom. The van der Waals surface area contributed by atoms with E-state index >= 15 is 0 Å². The fourth-order valence-corrected chi connectivity index (χ4v) is 2.88. The zero-order valence-electron chi connectivity index (χ0n) is 9.39. The zero-order chi connectivity index (χ0) is 11.8. The van der Waals surface area contributed by atoms with Crippen molar-refractivity contribution in [1.82, 2.24) is 5.32 Å². The molecule has 1 aromatic carbocycles. The molecule has 0 spiro atoms. The number of rotatable bonds is 3. The summed E-state index contributed by atoms with van der Waals surface area (Å²) in [6.07, 6.45) is 0.901. The van der Waals surface area contributed by atoms with Crippen molar-refractivity contribution < 1.29 is 8.78 Å². The van der Waals surface area contributed by atoms with Crippen LogP contribution in [0.15, 0.2) is 23.1 Å². The molecule has 0 saturated carbocycles. The standard InChI is InChI=1S/C12H15F2NS/c1-8(15-2)12(13,14)10-3-4-11-9(7-10)5-6-16-11/h3-4,7-8,15H,5-6H2,1-2H3. The lowest BCUT2D eigenvalue weighted by molar-refractivity contribution is -0.0355. The van der Waals surface area contributed by atoms with E-state index in [-0.39, 0.29) is 5.56 Å². The van der Waals surface area contributed by atoms with Crippen molar-refractivity contribution in [2.75, 3.05) is 12.8 Å². The molecule has 0 bridgehead atoms. The predicted molar refractivity (Wildman–Crippen MR) is 63.3 cm³/mol. The van der Waals surface area contributed by atoms with Gasteiger partial charge in [0.25, 0.3) is 5.92 Å². The van der Waals surface area contributed by atoms with Crippen molar-refractivity contribution in [3.05, 3.63) is 29.3 Å². The van der Waals surface area contributed by atoms with Crippen LogP contribution in [-0.2, 0) is 12.3 Å². The van der Waals surface area contributed by atoms with Gasteiger partial charge >= 0.3 is 0 Å². The van der Waals surface area contributed by atoms with Gasteiger partial charge in [0.1, 0.15) is 0 Å². The molecule has 4 heteroatoms. The van der Waals surface area contributed by atoms with E-state index in [1.807, 2.05) is 6.07 Å². The highest BCUT2D eigenvalue weighted by Crippen LogP contribution is 2.37. The topological polar surface area (TPSA) is 12.0 Å². The molecule has 1 aliphatic rings. The SMILES string of the molecule is CNC(C)C(F)(F)c1ccc2c(c1)CCS2. The highest BCUT2D eigenvalue weighted by molar-refractivity contribution is 7.99. The molecule has 1 atom stereocenters. The van der Waals surface area contributed by atoms with Crippen molar-refractivity contribution >= 4 is 11.8 Å². The summed E-state index contributed by atoms with van der Waals surface area (Å²) in [6.45, 7) is 1.50. The number of nitrogens with one attached hydrogen (secondary N) is 1. The molecular weight excluding hydrogens is 228 g/mol. The van der Waals surface area contributed by atoms with Gasteiger partial charge in [-0.2, -0.15) is 8.78 Å². The minimum atomic E-state index is -2.81. The number of thioether (sulfide) groups is 1. The number of aryl methyl sites for hydroxylation is 1. The minimum absolute atomic E-state index is 0.121. The van der Waals surface area contributed by atoms with Crippen LogP contribution in [0, 0.1) is 0 Å². The van der Waals surface area contributed by atoms with Crippen LogP contribution in [0.2, 0.25) is 0 Å². The summed E-state index contributed by atoms with van der Waals surface area (Å²) in [6, 6.07) is 4.17. The molecule has 88 valence electrons. The fraction of sp³-hybridized carbons (Fsp3) is 0.500. The predicted octanol–water partition coefficient (Wildman–Crippen LogP) is 3.03. The fourth-order valence-electron chi connectivity index (χ4n) is 1.83. The summed E-state index contributed by atoms with van der Waals surface area (Å²) in [5, 5.41) is 2.62. The van der Waals surface area contributed by atoms with Crippen LogP contribution in [0.25, 0.3) is 0 Å². The first kappa shape index (κ1) is 11.9. The Labute approximate surface area is 98.6 Å². The number of likely N-dealkylation sites (N-methyl/N-ethyl adjacent to an activating group) is 1. The van der Waals surface area contributed by atoms with E-state index in [2.05, 4.69) is 5.32 Å². The van der Waals surface area contributed by atoms with Gasteiger partial charge in [0.05, 0.1) is 6.04 Å². The van der Waals surface area contributed by atoms with Gasteiger partial charge in [-0.05, 0) is 38.1 Å². The van der Waals surface area contributed by atoms with Gasteiger partial charge in [0, 0.05) is 16.2 Å². The number of fused-ring (bicyclic) bond motifs is 1. The zero-order valence-corrected chi connectivity index (χ0v) is 10.2. The molecule has 2 rings (SSSR count). The van der Waals surface area contributed by atoms with Crippen LogP contribution in [0.3, 0.4) is 0 Å². The second kappa shape index (κ2) is 4.34. The largest absolute Gasteiger partial charge is 0.312 e. The van der Waals surface area contributed by atoms with Gasteiger partial charge in [-0.3, -0.25) is 0 Å². The summed E-state index contributed by atoms with van der Waals surface area (Å²) in [5.74, 6) is -1.80. The molecular formula is C12H15F2NS. The normalized spacial score (nSPS) is 17.2. The molecule has 1 heterocycles. The third-order valence-electron chi connectivity index (χ3n) is 3.05. The molecule has 0 fully saturated rings. The number of alkyl halides is 2. The third-order valence-corrected chi connectivity index (χ3v) is 4.17. The average molecular weight is 243 g/mol. The van der Waals surface area contributed by atoms with Gasteiger partial charge in [0.2, 0.25) is 0 Å². The number of hydrogen-bond donors (Lipinski definition) is 1. The van der Waals surface area contributed by atoms with Crippen LogP contribution in [-0.4, -0.2) is 18.8 Å². The maximum absolute atomic E-state index is 13.9. The Morgan fingerprint density at radius 1 is 1.44 bits per heavy atom. The van der Waals surface area contributed by atoms with E-state index in [1.54, 1.807) is 30.9 Å². The van der Waals surface area contributed by atoms with Crippen molar-refractivity contribution in [1.29, 1.82) is 0 Å². The van der Waals surface area contributed by atoms with Crippen molar-refractivity contribution in [3.63, 3.8) is 0 Å².